The van der Waals surface area contributed by atoms with E-state index < -0.39 is 0 Å². The number of nitrogens with one attached hydrogen (secondary N) is 1. The molecule has 3 aromatic carbocycles. The first kappa shape index (κ1) is 26.3. The summed E-state index contributed by atoms with van der Waals surface area (Å²) in [6, 6.07) is 18.6. The second-order valence-electron chi connectivity index (χ2n) is 8.50. The number of benzene rings is 3. The SMILES string of the molecule is Cc1ccc2c(C)ccc(OCc3c(Cl)ccc(OCCNC(=O)/C=C/c4ccc(N)cc4)c3Cl)c2n1. The number of nitrogens with two attached hydrogens (primary N) is 1. The fraction of sp³-hybridized carbons (Fsp3) is 0.172. The largest absolute Gasteiger partial charge is 0.490 e. The Hall–Kier alpha value is -3.74. The van der Waals surface area contributed by atoms with Gasteiger partial charge in [0.2, 0.25) is 5.91 Å². The van der Waals surface area contributed by atoms with Crippen LogP contribution >= 0.6 is 23.2 Å². The number of amides is 1. The van der Waals surface area contributed by atoms with E-state index in [1.807, 2.05) is 50.2 Å². The number of halogens is 2. The summed E-state index contributed by atoms with van der Waals surface area (Å²) in [5.74, 6) is 0.877. The topological polar surface area (TPSA) is 86.5 Å². The monoisotopic (exact) mass is 535 g/mol. The maximum absolute atomic E-state index is 12.1. The van der Waals surface area contributed by atoms with E-state index >= 15 is 0 Å². The zero-order chi connectivity index (χ0) is 26.4. The lowest BCUT2D eigenvalue weighted by Crippen LogP contribution is -2.26. The molecule has 3 N–H and O–H groups in total. The first-order valence-corrected chi connectivity index (χ1v) is 12.5. The molecule has 6 nitrogen and oxygen atoms in total. The van der Waals surface area contributed by atoms with Crippen LogP contribution in [0.25, 0.3) is 17.0 Å². The average Bonchev–Trinajstić information content (AvgIpc) is 2.88. The standard InChI is InChI=1S/C29H27Cl2N3O3/c1-18-3-12-26(29-22(18)10-4-19(2)34-29)37-17-23-24(30)11-13-25(28(23)31)36-16-15-33-27(35)14-7-20-5-8-21(32)9-6-20/h3-14H,15-17,32H2,1-2H3,(H,33,35)/b14-7+. The van der Waals surface area contributed by atoms with Gasteiger partial charge in [-0.15, -0.1) is 0 Å². The van der Waals surface area contributed by atoms with Gasteiger partial charge in [-0.2, -0.15) is 0 Å². The molecule has 0 atom stereocenters. The predicted octanol–water partition coefficient (Wildman–Crippen LogP) is 6.53. The lowest BCUT2D eigenvalue weighted by atomic mass is 10.1. The van der Waals surface area contributed by atoms with Crippen molar-refractivity contribution in [2.75, 3.05) is 18.9 Å². The van der Waals surface area contributed by atoms with Crippen LogP contribution in [0.2, 0.25) is 10.0 Å². The lowest BCUT2D eigenvalue weighted by molar-refractivity contribution is -0.116. The molecular weight excluding hydrogens is 509 g/mol. The van der Waals surface area contributed by atoms with Gasteiger partial charge in [-0.1, -0.05) is 47.5 Å². The number of hydrogen-bond acceptors (Lipinski definition) is 5. The fourth-order valence-electron chi connectivity index (χ4n) is 3.69. The Morgan fingerprint density at radius 2 is 1.73 bits per heavy atom. The highest BCUT2D eigenvalue weighted by Crippen LogP contribution is 2.35. The zero-order valence-corrected chi connectivity index (χ0v) is 22.1. The highest BCUT2D eigenvalue weighted by atomic mass is 35.5. The molecule has 37 heavy (non-hydrogen) atoms. The number of carbonyl (C=O) groups excluding carboxylic acids is 1. The molecule has 0 bridgehead atoms. The van der Waals surface area contributed by atoms with E-state index in [0.717, 1.165) is 27.7 Å². The van der Waals surface area contributed by atoms with Crippen LogP contribution < -0.4 is 20.5 Å². The summed E-state index contributed by atoms with van der Waals surface area (Å²) in [6.07, 6.45) is 3.17. The minimum absolute atomic E-state index is 0.148. The van der Waals surface area contributed by atoms with Gasteiger partial charge in [0.1, 0.15) is 30.2 Å². The average molecular weight is 536 g/mol. The summed E-state index contributed by atoms with van der Waals surface area (Å²) < 4.78 is 11.9. The number of aromatic nitrogens is 1. The number of anilines is 1. The van der Waals surface area contributed by atoms with Crippen molar-refractivity contribution in [3.63, 3.8) is 0 Å². The molecular formula is C29H27Cl2N3O3. The number of nitrogens with zero attached hydrogens (tertiary/aromatic N) is 1. The van der Waals surface area contributed by atoms with Crippen LogP contribution in [0.3, 0.4) is 0 Å². The van der Waals surface area contributed by atoms with E-state index in [-0.39, 0.29) is 19.1 Å². The lowest BCUT2D eigenvalue weighted by Gasteiger charge is -2.15. The highest BCUT2D eigenvalue weighted by Gasteiger charge is 2.14. The van der Waals surface area contributed by atoms with Crippen LogP contribution in [0.1, 0.15) is 22.4 Å². The second-order valence-corrected chi connectivity index (χ2v) is 9.28. The summed E-state index contributed by atoms with van der Waals surface area (Å²) in [4.78, 5) is 16.7. The van der Waals surface area contributed by atoms with Gasteiger partial charge >= 0.3 is 0 Å². The Morgan fingerprint density at radius 1 is 0.973 bits per heavy atom. The molecule has 4 rings (SSSR count). The van der Waals surface area contributed by atoms with E-state index in [1.54, 1.807) is 30.3 Å². The van der Waals surface area contributed by atoms with Crippen molar-refractivity contribution >= 4 is 51.8 Å². The van der Waals surface area contributed by atoms with Crippen molar-refractivity contribution in [1.29, 1.82) is 0 Å². The van der Waals surface area contributed by atoms with Gasteiger partial charge < -0.3 is 20.5 Å². The maximum Gasteiger partial charge on any atom is 0.244 e. The summed E-state index contributed by atoms with van der Waals surface area (Å²) >= 11 is 13.0. The molecule has 8 heteroatoms. The van der Waals surface area contributed by atoms with Crippen LogP contribution in [0, 0.1) is 13.8 Å². The van der Waals surface area contributed by atoms with Gasteiger partial charge in [0.25, 0.3) is 0 Å². The number of rotatable bonds is 9. The van der Waals surface area contributed by atoms with E-state index in [1.165, 1.54) is 6.08 Å². The first-order valence-electron chi connectivity index (χ1n) is 11.7. The molecule has 0 saturated heterocycles. The van der Waals surface area contributed by atoms with Crippen molar-refractivity contribution in [3.05, 3.63) is 99.2 Å². The van der Waals surface area contributed by atoms with Crippen LogP contribution in [-0.2, 0) is 11.4 Å². The van der Waals surface area contributed by atoms with Gasteiger partial charge in [0, 0.05) is 33.4 Å². The van der Waals surface area contributed by atoms with E-state index in [2.05, 4.69) is 10.3 Å². The molecule has 0 aliphatic rings. The summed E-state index contributed by atoms with van der Waals surface area (Å²) in [5.41, 5.74) is 10.6. The van der Waals surface area contributed by atoms with Crippen molar-refractivity contribution in [2.24, 2.45) is 0 Å². The molecule has 1 amide bonds. The number of pyridine rings is 1. The molecule has 190 valence electrons. The summed E-state index contributed by atoms with van der Waals surface area (Å²) in [6.45, 7) is 4.66. The molecule has 0 fully saturated rings. The Labute approximate surface area is 226 Å². The van der Waals surface area contributed by atoms with Gasteiger partial charge in [0.15, 0.2) is 0 Å². The third-order valence-electron chi connectivity index (χ3n) is 5.72. The Morgan fingerprint density at radius 3 is 2.51 bits per heavy atom. The molecule has 0 spiro atoms. The van der Waals surface area contributed by atoms with Crippen LogP contribution in [0.5, 0.6) is 11.5 Å². The number of aryl methyl sites for hydroxylation is 2. The molecule has 0 radical (unpaired) electrons. The Kier molecular flexibility index (Phi) is 8.54. The molecule has 1 aromatic heterocycles. The molecule has 1 heterocycles. The number of carbonyl (C=O) groups is 1. The first-order chi connectivity index (χ1) is 17.8. The number of nitrogen functional groups attached to an aromatic ring is 1. The minimum atomic E-state index is -0.231. The number of fused-ring (bicyclic) bond motifs is 1. The fourth-order valence-corrected chi connectivity index (χ4v) is 4.23. The van der Waals surface area contributed by atoms with Crippen LogP contribution in [-0.4, -0.2) is 24.0 Å². The predicted molar refractivity (Wildman–Crippen MR) is 150 cm³/mol. The maximum atomic E-state index is 12.1. The van der Waals surface area contributed by atoms with E-state index in [9.17, 15) is 4.79 Å². The van der Waals surface area contributed by atoms with Crippen LogP contribution in [0.4, 0.5) is 5.69 Å². The zero-order valence-electron chi connectivity index (χ0n) is 20.6. The van der Waals surface area contributed by atoms with Gasteiger partial charge in [-0.3, -0.25) is 4.79 Å². The molecule has 4 aromatic rings. The van der Waals surface area contributed by atoms with E-state index in [0.29, 0.717) is 39.3 Å². The molecule has 0 unspecified atom stereocenters. The number of hydrogen-bond donors (Lipinski definition) is 2. The van der Waals surface area contributed by atoms with Crippen molar-refractivity contribution in [1.82, 2.24) is 10.3 Å². The third kappa shape index (κ3) is 6.73. The van der Waals surface area contributed by atoms with Crippen molar-refractivity contribution < 1.29 is 14.3 Å². The smallest absolute Gasteiger partial charge is 0.244 e. The van der Waals surface area contributed by atoms with Crippen LogP contribution in [0.15, 0.2) is 66.7 Å². The summed E-state index contributed by atoms with van der Waals surface area (Å²) in [5, 5.41) is 4.64. The Bertz CT molecular complexity index is 1450. The van der Waals surface area contributed by atoms with Gasteiger partial charge in [-0.25, -0.2) is 4.98 Å². The molecule has 0 aliphatic carbocycles. The quantitative estimate of drug-likeness (QED) is 0.144. The van der Waals surface area contributed by atoms with Gasteiger partial charge in [0.05, 0.1) is 11.6 Å². The third-order valence-corrected chi connectivity index (χ3v) is 6.49. The minimum Gasteiger partial charge on any atom is -0.490 e. The van der Waals surface area contributed by atoms with E-state index in [4.69, 9.17) is 38.4 Å². The van der Waals surface area contributed by atoms with Gasteiger partial charge in [-0.05, 0) is 67.4 Å². The highest BCUT2D eigenvalue weighted by molar-refractivity contribution is 6.36. The van der Waals surface area contributed by atoms with Crippen molar-refractivity contribution in [3.8, 4) is 11.5 Å². The second kappa shape index (κ2) is 12.0. The molecule has 0 saturated carbocycles. The summed E-state index contributed by atoms with van der Waals surface area (Å²) in [7, 11) is 0. The number of ether oxygens (including phenoxy) is 2. The Balaban J connectivity index is 1.35. The van der Waals surface area contributed by atoms with Crippen molar-refractivity contribution in [2.45, 2.75) is 20.5 Å². The normalized spacial score (nSPS) is 11.1. The molecule has 0 aliphatic heterocycles.